The van der Waals surface area contributed by atoms with Crippen LogP contribution in [0.1, 0.15) is 30.7 Å². The molecule has 0 fully saturated rings. The Kier molecular flexibility index (Phi) is 6.40. The van der Waals surface area contributed by atoms with E-state index >= 15 is 0 Å². The van der Waals surface area contributed by atoms with Gasteiger partial charge in [0.05, 0.1) is 22.3 Å². The zero-order chi connectivity index (χ0) is 17.6. The summed E-state index contributed by atoms with van der Waals surface area (Å²) in [5.74, 6) is 1.58. The second-order valence-electron chi connectivity index (χ2n) is 5.83. The van der Waals surface area contributed by atoms with Gasteiger partial charge in [0.2, 0.25) is 0 Å². The third-order valence-electron chi connectivity index (χ3n) is 3.81. The lowest BCUT2D eigenvalue weighted by Crippen LogP contribution is -1.98. The van der Waals surface area contributed by atoms with Gasteiger partial charge in [-0.1, -0.05) is 34.4 Å². The van der Waals surface area contributed by atoms with E-state index in [1.165, 1.54) is 0 Å². The molecule has 2 aromatic heterocycles. The molecule has 0 spiro atoms. The molecule has 0 aliphatic carbocycles. The molecule has 1 aromatic carbocycles. The van der Waals surface area contributed by atoms with E-state index in [1.807, 2.05) is 36.6 Å². The van der Waals surface area contributed by atoms with Gasteiger partial charge in [-0.3, -0.25) is 0 Å². The zero-order valence-corrected chi connectivity index (χ0v) is 16.3. The topological polar surface area (TPSA) is 35.3 Å². The number of benzene rings is 1. The second kappa shape index (κ2) is 8.75. The molecule has 0 radical (unpaired) electrons. The van der Waals surface area contributed by atoms with Gasteiger partial charge in [0.15, 0.2) is 0 Å². The first kappa shape index (κ1) is 18.3. The molecule has 132 valence electrons. The first-order valence-corrected chi connectivity index (χ1v) is 9.85. The number of aromatic nitrogens is 1. The van der Waals surface area contributed by atoms with Crippen molar-refractivity contribution in [3.05, 3.63) is 57.2 Å². The van der Waals surface area contributed by atoms with Crippen molar-refractivity contribution in [2.45, 2.75) is 32.6 Å². The SMILES string of the molecule is Cc1cc(CCCCCOc2cc(Cl)c(-c3cccs3)cc2Cl)on1. The number of hydrogen-bond donors (Lipinski definition) is 0. The third kappa shape index (κ3) is 5.00. The van der Waals surface area contributed by atoms with Crippen LogP contribution in [0.4, 0.5) is 0 Å². The lowest BCUT2D eigenvalue weighted by Gasteiger charge is -2.11. The summed E-state index contributed by atoms with van der Waals surface area (Å²) in [7, 11) is 0. The van der Waals surface area contributed by atoms with Crippen LogP contribution < -0.4 is 4.74 Å². The van der Waals surface area contributed by atoms with Gasteiger partial charge >= 0.3 is 0 Å². The van der Waals surface area contributed by atoms with Crippen LogP contribution in [0.5, 0.6) is 5.75 Å². The zero-order valence-electron chi connectivity index (χ0n) is 13.9. The first-order valence-electron chi connectivity index (χ1n) is 8.21. The Morgan fingerprint density at radius 3 is 2.72 bits per heavy atom. The Labute approximate surface area is 161 Å². The maximum atomic E-state index is 6.38. The van der Waals surface area contributed by atoms with Gasteiger partial charge in [0.1, 0.15) is 11.5 Å². The molecule has 0 saturated carbocycles. The van der Waals surface area contributed by atoms with Crippen LogP contribution in [-0.2, 0) is 6.42 Å². The summed E-state index contributed by atoms with van der Waals surface area (Å²) in [5.41, 5.74) is 1.87. The Balaban J connectivity index is 1.46. The number of hydrogen-bond acceptors (Lipinski definition) is 4. The predicted octanol–water partition coefficient (Wildman–Crippen LogP) is 6.81. The van der Waals surface area contributed by atoms with Crippen molar-refractivity contribution in [3.8, 4) is 16.2 Å². The van der Waals surface area contributed by atoms with Gasteiger partial charge in [-0.25, -0.2) is 0 Å². The van der Waals surface area contributed by atoms with E-state index in [4.69, 9.17) is 32.5 Å². The number of unbranched alkanes of at least 4 members (excludes halogenated alkanes) is 2. The van der Waals surface area contributed by atoms with Crippen LogP contribution in [0.15, 0.2) is 40.2 Å². The largest absolute Gasteiger partial charge is 0.492 e. The Morgan fingerprint density at radius 1 is 1.12 bits per heavy atom. The maximum absolute atomic E-state index is 6.38. The highest BCUT2D eigenvalue weighted by Crippen LogP contribution is 2.38. The molecule has 0 bridgehead atoms. The van der Waals surface area contributed by atoms with E-state index in [9.17, 15) is 0 Å². The van der Waals surface area contributed by atoms with Crippen molar-refractivity contribution in [1.29, 1.82) is 0 Å². The van der Waals surface area contributed by atoms with Crippen LogP contribution in [-0.4, -0.2) is 11.8 Å². The molecule has 3 aromatic rings. The van der Waals surface area contributed by atoms with Gasteiger partial charge in [0, 0.05) is 29.0 Å². The molecule has 3 nitrogen and oxygen atoms in total. The maximum Gasteiger partial charge on any atom is 0.139 e. The molecular weight excluding hydrogens is 377 g/mol. The molecule has 2 heterocycles. The van der Waals surface area contributed by atoms with E-state index < -0.39 is 0 Å². The molecule has 0 aliphatic heterocycles. The number of aryl methyl sites for hydroxylation is 2. The van der Waals surface area contributed by atoms with Crippen LogP contribution in [0.25, 0.3) is 10.4 Å². The molecule has 0 aliphatic rings. The third-order valence-corrected chi connectivity index (χ3v) is 5.32. The number of ether oxygens (including phenoxy) is 1. The van der Waals surface area contributed by atoms with Crippen molar-refractivity contribution in [3.63, 3.8) is 0 Å². The fourth-order valence-corrected chi connectivity index (χ4v) is 3.84. The van der Waals surface area contributed by atoms with Gasteiger partial charge in [-0.15, -0.1) is 11.3 Å². The number of halogens is 2. The molecule has 0 N–H and O–H groups in total. The van der Waals surface area contributed by atoms with E-state index in [-0.39, 0.29) is 0 Å². The van der Waals surface area contributed by atoms with Crippen molar-refractivity contribution >= 4 is 34.5 Å². The fourth-order valence-electron chi connectivity index (χ4n) is 2.55. The van der Waals surface area contributed by atoms with Crippen LogP contribution in [0.3, 0.4) is 0 Å². The number of thiophene rings is 1. The van der Waals surface area contributed by atoms with E-state index in [0.717, 1.165) is 47.6 Å². The lowest BCUT2D eigenvalue weighted by molar-refractivity contribution is 0.303. The van der Waals surface area contributed by atoms with E-state index in [0.29, 0.717) is 22.4 Å². The van der Waals surface area contributed by atoms with Gasteiger partial charge in [-0.05, 0) is 43.7 Å². The number of rotatable bonds is 8. The van der Waals surface area contributed by atoms with Gasteiger partial charge in [0.25, 0.3) is 0 Å². The fraction of sp³-hybridized carbons (Fsp3) is 0.316. The summed E-state index contributed by atoms with van der Waals surface area (Å²) < 4.78 is 11.0. The molecule has 3 rings (SSSR count). The summed E-state index contributed by atoms with van der Waals surface area (Å²) in [6, 6.07) is 9.68. The summed E-state index contributed by atoms with van der Waals surface area (Å²) in [6.45, 7) is 2.54. The van der Waals surface area contributed by atoms with Gasteiger partial charge in [-0.2, -0.15) is 0 Å². The predicted molar refractivity (Wildman–Crippen MR) is 104 cm³/mol. The molecular formula is C19H19Cl2NO2S. The van der Waals surface area contributed by atoms with Crippen LogP contribution in [0, 0.1) is 6.92 Å². The lowest BCUT2D eigenvalue weighted by atomic mass is 10.1. The molecule has 0 unspecified atom stereocenters. The summed E-state index contributed by atoms with van der Waals surface area (Å²) in [5, 5.41) is 7.15. The minimum atomic E-state index is 0.588. The monoisotopic (exact) mass is 395 g/mol. The molecule has 0 saturated heterocycles. The van der Waals surface area contributed by atoms with Crippen LogP contribution >= 0.6 is 34.5 Å². The Hall–Kier alpha value is -1.49. The average Bonchev–Trinajstić information content (AvgIpc) is 3.25. The minimum Gasteiger partial charge on any atom is -0.492 e. The highest BCUT2D eigenvalue weighted by atomic mass is 35.5. The van der Waals surface area contributed by atoms with Crippen molar-refractivity contribution in [1.82, 2.24) is 5.16 Å². The quantitative estimate of drug-likeness (QED) is 0.392. The smallest absolute Gasteiger partial charge is 0.139 e. The normalized spacial score (nSPS) is 11.0. The average molecular weight is 396 g/mol. The molecule has 25 heavy (non-hydrogen) atoms. The summed E-state index contributed by atoms with van der Waals surface area (Å²) in [4.78, 5) is 1.10. The molecule has 6 heteroatoms. The standard InChI is InChI=1S/C19H19Cl2NO2S/c1-13-10-14(24-22-13)6-3-2-4-8-23-18-12-16(20)15(11-17(18)21)19-7-5-9-25-19/h5,7,9-12H,2-4,6,8H2,1H3. The van der Waals surface area contributed by atoms with E-state index in [1.54, 1.807) is 17.4 Å². The Bertz CT molecular complexity index is 815. The van der Waals surface area contributed by atoms with E-state index in [2.05, 4.69) is 5.16 Å². The highest BCUT2D eigenvalue weighted by molar-refractivity contribution is 7.13. The minimum absolute atomic E-state index is 0.588. The second-order valence-corrected chi connectivity index (χ2v) is 7.60. The van der Waals surface area contributed by atoms with Crippen LogP contribution in [0.2, 0.25) is 10.0 Å². The van der Waals surface area contributed by atoms with Crippen molar-refractivity contribution in [2.24, 2.45) is 0 Å². The van der Waals surface area contributed by atoms with Crippen molar-refractivity contribution < 1.29 is 9.26 Å². The van der Waals surface area contributed by atoms with Gasteiger partial charge < -0.3 is 9.26 Å². The summed E-state index contributed by atoms with van der Waals surface area (Å²) >= 11 is 14.4. The Morgan fingerprint density at radius 2 is 2.00 bits per heavy atom. The first-order chi connectivity index (χ1) is 12.1. The van der Waals surface area contributed by atoms with Crippen molar-refractivity contribution in [2.75, 3.05) is 6.61 Å². The highest BCUT2D eigenvalue weighted by Gasteiger charge is 2.11. The molecule has 0 amide bonds. The summed E-state index contributed by atoms with van der Waals surface area (Å²) in [6.07, 6.45) is 3.96. The molecule has 0 atom stereocenters. The number of nitrogens with zero attached hydrogens (tertiary/aromatic N) is 1.